The van der Waals surface area contributed by atoms with Crippen LogP contribution >= 0.6 is 0 Å². The van der Waals surface area contributed by atoms with Crippen molar-refractivity contribution in [3.8, 4) is 0 Å². The Morgan fingerprint density at radius 2 is 1.93 bits per heavy atom. The lowest BCUT2D eigenvalue weighted by molar-refractivity contribution is 0.0970. The molecule has 3 nitrogen and oxygen atoms in total. The SMILES string of the molecule is Cc1nc(C(C)C)nc2c1C(=O)CCC2. The third-order valence-corrected chi connectivity index (χ3v) is 2.79. The minimum atomic E-state index is 0.212. The molecule has 0 radical (unpaired) electrons. The van der Waals surface area contributed by atoms with E-state index in [0.29, 0.717) is 12.3 Å². The van der Waals surface area contributed by atoms with Gasteiger partial charge in [0.1, 0.15) is 5.82 Å². The Balaban J connectivity index is 2.55. The summed E-state index contributed by atoms with van der Waals surface area (Å²) in [6.45, 7) is 6.06. The topological polar surface area (TPSA) is 42.9 Å². The maximum atomic E-state index is 11.7. The summed E-state index contributed by atoms with van der Waals surface area (Å²) >= 11 is 0. The molecule has 1 aromatic rings. The summed E-state index contributed by atoms with van der Waals surface area (Å²) in [7, 11) is 0. The molecule has 0 amide bonds. The van der Waals surface area contributed by atoms with Crippen molar-refractivity contribution in [3.63, 3.8) is 0 Å². The third kappa shape index (κ3) is 1.78. The highest BCUT2D eigenvalue weighted by Gasteiger charge is 2.22. The fourth-order valence-corrected chi connectivity index (χ4v) is 2.00. The zero-order chi connectivity index (χ0) is 11.0. The van der Waals surface area contributed by atoms with Gasteiger partial charge < -0.3 is 0 Å². The first kappa shape index (κ1) is 10.3. The molecule has 3 heteroatoms. The summed E-state index contributed by atoms with van der Waals surface area (Å²) in [5.41, 5.74) is 2.60. The minimum absolute atomic E-state index is 0.212. The molecular weight excluding hydrogens is 188 g/mol. The van der Waals surface area contributed by atoms with E-state index in [1.807, 2.05) is 6.92 Å². The maximum absolute atomic E-state index is 11.7. The molecule has 1 aromatic heterocycles. The lowest BCUT2D eigenvalue weighted by Gasteiger charge is -2.17. The molecule has 0 atom stereocenters. The van der Waals surface area contributed by atoms with Crippen molar-refractivity contribution in [1.82, 2.24) is 9.97 Å². The molecule has 0 saturated carbocycles. The van der Waals surface area contributed by atoms with E-state index in [1.54, 1.807) is 0 Å². The second-order valence-electron chi connectivity index (χ2n) is 4.42. The van der Waals surface area contributed by atoms with E-state index in [2.05, 4.69) is 23.8 Å². The monoisotopic (exact) mass is 204 g/mol. The highest BCUT2D eigenvalue weighted by molar-refractivity contribution is 5.98. The molecule has 0 N–H and O–H groups in total. The van der Waals surface area contributed by atoms with Crippen LogP contribution in [-0.4, -0.2) is 15.8 Å². The summed E-state index contributed by atoms with van der Waals surface area (Å²) < 4.78 is 0. The summed E-state index contributed by atoms with van der Waals surface area (Å²) in [5, 5.41) is 0. The molecule has 0 saturated heterocycles. The molecule has 2 rings (SSSR count). The first-order valence-electron chi connectivity index (χ1n) is 5.50. The van der Waals surface area contributed by atoms with E-state index >= 15 is 0 Å². The van der Waals surface area contributed by atoms with Gasteiger partial charge in [0, 0.05) is 12.3 Å². The summed E-state index contributed by atoms with van der Waals surface area (Å²) in [6.07, 6.45) is 2.50. The van der Waals surface area contributed by atoms with Crippen LogP contribution in [0.5, 0.6) is 0 Å². The molecule has 1 aliphatic carbocycles. The van der Waals surface area contributed by atoms with Gasteiger partial charge in [0.2, 0.25) is 0 Å². The van der Waals surface area contributed by atoms with Gasteiger partial charge in [-0.2, -0.15) is 0 Å². The zero-order valence-electron chi connectivity index (χ0n) is 9.50. The van der Waals surface area contributed by atoms with Crippen LogP contribution in [0.4, 0.5) is 0 Å². The molecule has 80 valence electrons. The van der Waals surface area contributed by atoms with Crippen LogP contribution in [-0.2, 0) is 6.42 Å². The molecule has 0 unspecified atom stereocenters. The molecule has 1 heterocycles. The van der Waals surface area contributed by atoms with E-state index < -0.39 is 0 Å². The second kappa shape index (κ2) is 3.72. The summed E-state index contributed by atoms with van der Waals surface area (Å²) in [5.74, 6) is 1.40. The average molecular weight is 204 g/mol. The fourth-order valence-electron chi connectivity index (χ4n) is 2.00. The van der Waals surface area contributed by atoms with Crippen LogP contribution < -0.4 is 0 Å². The fraction of sp³-hybridized carbons (Fsp3) is 0.583. The van der Waals surface area contributed by atoms with Gasteiger partial charge in [-0.25, -0.2) is 9.97 Å². The first-order chi connectivity index (χ1) is 7.09. The van der Waals surface area contributed by atoms with Crippen molar-refractivity contribution in [2.24, 2.45) is 0 Å². The Kier molecular flexibility index (Phi) is 2.55. The predicted octanol–water partition coefficient (Wildman–Crippen LogP) is 2.43. The van der Waals surface area contributed by atoms with Crippen molar-refractivity contribution >= 4 is 5.78 Å². The van der Waals surface area contributed by atoms with Crippen LogP contribution in [0, 0.1) is 6.92 Å². The summed E-state index contributed by atoms with van der Waals surface area (Å²) in [6, 6.07) is 0. The molecule has 0 aliphatic heterocycles. The second-order valence-corrected chi connectivity index (χ2v) is 4.42. The molecule has 0 spiro atoms. The van der Waals surface area contributed by atoms with Crippen molar-refractivity contribution in [2.75, 3.05) is 0 Å². The van der Waals surface area contributed by atoms with Crippen molar-refractivity contribution in [2.45, 2.75) is 46.0 Å². The number of ketones is 1. The van der Waals surface area contributed by atoms with Gasteiger partial charge in [-0.1, -0.05) is 13.8 Å². The van der Waals surface area contributed by atoms with Gasteiger partial charge in [-0.05, 0) is 19.8 Å². The Labute approximate surface area is 89.9 Å². The zero-order valence-corrected chi connectivity index (χ0v) is 9.50. The highest BCUT2D eigenvalue weighted by atomic mass is 16.1. The number of carbonyl (C=O) groups excluding carboxylic acids is 1. The Bertz CT molecular complexity index is 410. The molecule has 0 bridgehead atoms. The maximum Gasteiger partial charge on any atom is 0.166 e. The molecule has 15 heavy (non-hydrogen) atoms. The van der Waals surface area contributed by atoms with E-state index in [4.69, 9.17) is 0 Å². The quantitative estimate of drug-likeness (QED) is 0.705. The third-order valence-electron chi connectivity index (χ3n) is 2.79. The van der Waals surface area contributed by atoms with E-state index in [-0.39, 0.29) is 5.78 Å². The highest BCUT2D eigenvalue weighted by Crippen LogP contribution is 2.23. The number of aryl methyl sites for hydroxylation is 2. The van der Waals surface area contributed by atoms with Crippen LogP contribution in [0.25, 0.3) is 0 Å². The number of carbonyl (C=O) groups is 1. The molecule has 0 fully saturated rings. The van der Waals surface area contributed by atoms with Gasteiger partial charge in [0.15, 0.2) is 5.78 Å². The van der Waals surface area contributed by atoms with E-state index in [9.17, 15) is 4.79 Å². The predicted molar refractivity (Wildman–Crippen MR) is 58.1 cm³/mol. The number of aromatic nitrogens is 2. The van der Waals surface area contributed by atoms with E-state index in [0.717, 1.165) is 35.6 Å². The number of fused-ring (bicyclic) bond motifs is 1. The van der Waals surface area contributed by atoms with Crippen molar-refractivity contribution in [3.05, 3.63) is 22.8 Å². The molecule has 0 aromatic carbocycles. The number of hydrogen-bond donors (Lipinski definition) is 0. The normalized spacial score (nSPS) is 15.6. The molecule has 1 aliphatic rings. The van der Waals surface area contributed by atoms with Crippen LogP contribution in [0.2, 0.25) is 0 Å². The number of Topliss-reactive ketones (excluding diaryl/α,β-unsaturated/α-hetero) is 1. The van der Waals surface area contributed by atoms with Gasteiger partial charge in [-0.3, -0.25) is 4.79 Å². The lowest BCUT2D eigenvalue weighted by atomic mass is 9.93. The lowest BCUT2D eigenvalue weighted by Crippen LogP contribution is -2.17. The van der Waals surface area contributed by atoms with Crippen molar-refractivity contribution < 1.29 is 4.79 Å². The van der Waals surface area contributed by atoms with Gasteiger partial charge in [0.25, 0.3) is 0 Å². The average Bonchev–Trinajstić information content (AvgIpc) is 2.17. The first-order valence-corrected chi connectivity index (χ1v) is 5.50. The smallest absolute Gasteiger partial charge is 0.166 e. The van der Waals surface area contributed by atoms with Gasteiger partial charge >= 0.3 is 0 Å². The standard InChI is InChI=1S/C12H16N2O/c1-7(2)12-13-8(3)11-9(14-12)5-4-6-10(11)15/h7H,4-6H2,1-3H3. The van der Waals surface area contributed by atoms with Gasteiger partial charge in [0.05, 0.1) is 17.0 Å². The number of rotatable bonds is 1. The van der Waals surface area contributed by atoms with E-state index in [1.165, 1.54) is 0 Å². The van der Waals surface area contributed by atoms with Gasteiger partial charge in [-0.15, -0.1) is 0 Å². The number of nitrogens with zero attached hydrogens (tertiary/aromatic N) is 2. The van der Waals surface area contributed by atoms with Crippen LogP contribution in [0.1, 0.15) is 60.2 Å². The Hall–Kier alpha value is -1.25. The van der Waals surface area contributed by atoms with Crippen molar-refractivity contribution in [1.29, 1.82) is 0 Å². The Morgan fingerprint density at radius 1 is 1.20 bits per heavy atom. The van der Waals surface area contributed by atoms with Crippen LogP contribution in [0.15, 0.2) is 0 Å². The van der Waals surface area contributed by atoms with Crippen LogP contribution in [0.3, 0.4) is 0 Å². The Morgan fingerprint density at radius 3 is 2.60 bits per heavy atom. The largest absolute Gasteiger partial charge is 0.294 e. The minimum Gasteiger partial charge on any atom is -0.294 e. The molecular formula is C12H16N2O. The summed E-state index contributed by atoms with van der Waals surface area (Å²) in [4.78, 5) is 20.6. The number of hydrogen-bond acceptors (Lipinski definition) is 3.